The van der Waals surface area contributed by atoms with Crippen molar-refractivity contribution in [1.29, 1.82) is 0 Å². The summed E-state index contributed by atoms with van der Waals surface area (Å²) in [5, 5.41) is 5.75. The van der Waals surface area contributed by atoms with Gasteiger partial charge in [0.25, 0.3) is 0 Å². The van der Waals surface area contributed by atoms with Crippen LogP contribution in [0.1, 0.15) is 18.1 Å². The maximum atomic E-state index is 11.9. The summed E-state index contributed by atoms with van der Waals surface area (Å²) >= 11 is 0. The summed E-state index contributed by atoms with van der Waals surface area (Å²) in [5.74, 6) is 0. The SMILES string of the molecule is Cc1ccccc1NC(=O)NC(C)Cc1ccoc1. The monoisotopic (exact) mass is 258 g/mol. The second-order valence-corrected chi connectivity index (χ2v) is 4.65. The molecule has 0 aliphatic heterocycles. The van der Waals surface area contributed by atoms with Gasteiger partial charge in [-0.05, 0) is 43.5 Å². The van der Waals surface area contributed by atoms with Crippen LogP contribution < -0.4 is 10.6 Å². The van der Waals surface area contributed by atoms with Crippen molar-refractivity contribution in [1.82, 2.24) is 5.32 Å². The average molecular weight is 258 g/mol. The van der Waals surface area contributed by atoms with Gasteiger partial charge in [0.15, 0.2) is 0 Å². The van der Waals surface area contributed by atoms with Crippen molar-refractivity contribution in [2.24, 2.45) is 0 Å². The van der Waals surface area contributed by atoms with Crippen molar-refractivity contribution in [2.75, 3.05) is 5.32 Å². The minimum absolute atomic E-state index is 0.0432. The summed E-state index contributed by atoms with van der Waals surface area (Å²) < 4.78 is 5.00. The molecule has 0 bridgehead atoms. The molecular formula is C15H18N2O2. The molecule has 1 aromatic heterocycles. The van der Waals surface area contributed by atoms with E-state index in [2.05, 4.69) is 10.6 Å². The Morgan fingerprint density at radius 3 is 2.79 bits per heavy atom. The maximum absolute atomic E-state index is 11.9. The minimum Gasteiger partial charge on any atom is -0.472 e. The molecule has 0 saturated carbocycles. The molecule has 0 spiro atoms. The summed E-state index contributed by atoms with van der Waals surface area (Å²) in [7, 11) is 0. The smallest absolute Gasteiger partial charge is 0.319 e. The van der Waals surface area contributed by atoms with E-state index in [9.17, 15) is 4.79 Å². The lowest BCUT2D eigenvalue weighted by Crippen LogP contribution is -2.37. The number of amides is 2. The van der Waals surface area contributed by atoms with Crippen molar-refractivity contribution in [3.05, 3.63) is 54.0 Å². The van der Waals surface area contributed by atoms with E-state index in [0.717, 1.165) is 23.2 Å². The summed E-state index contributed by atoms with van der Waals surface area (Å²) in [6, 6.07) is 9.45. The summed E-state index contributed by atoms with van der Waals surface area (Å²) in [6.07, 6.45) is 4.07. The van der Waals surface area contributed by atoms with Crippen molar-refractivity contribution in [3.8, 4) is 0 Å². The van der Waals surface area contributed by atoms with E-state index in [1.54, 1.807) is 12.5 Å². The largest absolute Gasteiger partial charge is 0.472 e. The van der Waals surface area contributed by atoms with Crippen LogP contribution >= 0.6 is 0 Å². The minimum atomic E-state index is -0.190. The van der Waals surface area contributed by atoms with Crippen LogP contribution in [0.15, 0.2) is 47.3 Å². The number of anilines is 1. The fourth-order valence-corrected chi connectivity index (χ4v) is 1.91. The first-order valence-corrected chi connectivity index (χ1v) is 6.29. The van der Waals surface area contributed by atoms with Crippen LogP contribution in [-0.4, -0.2) is 12.1 Å². The Hall–Kier alpha value is -2.23. The molecule has 1 aromatic carbocycles. The molecular weight excluding hydrogens is 240 g/mol. The van der Waals surface area contributed by atoms with Gasteiger partial charge in [-0.3, -0.25) is 0 Å². The molecule has 1 heterocycles. The fraction of sp³-hybridized carbons (Fsp3) is 0.267. The first-order chi connectivity index (χ1) is 9.15. The summed E-state index contributed by atoms with van der Waals surface area (Å²) in [5.41, 5.74) is 2.94. The number of rotatable bonds is 4. The second-order valence-electron chi connectivity index (χ2n) is 4.65. The molecule has 0 fully saturated rings. The number of para-hydroxylation sites is 1. The quantitative estimate of drug-likeness (QED) is 0.883. The topological polar surface area (TPSA) is 54.3 Å². The highest BCUT2D eigenvalue weighted by Gasteiger charge is 2.09. The summed E-state index contributed by atoms with van der Waals surface area (Å²) in [4.78, 5) is 11.9. The van der Waals surface area contributed by atoms with E-state index in [1.807, 2.05) is 44.2 Å². The number of aryl methyl sites for hydroxylation is 1. The van der Waals surface area contributed by atoms with Gasteiger partial charge < -0.3 is 15.1 Å². The lowest BCUT2D eigenvalue weighted by molar-refractivity contribution is 0.249. The molecule has 0 saturated heterocycles. The van der Waals surface area contributed by atoms with Crippen LogP contribution in [0.25, 0.3) is 0 Å². The van der Waals surface area contributed by atoms with Crippen LogP contribution in [-0.2, 0) is 6.42 Å². The van der Waals surface area contributed by atoms with Gasteiger partial charge in [0.05, 0.1) is 12.5 Å². The zero-order chi connectivity index (χ0) is 13.7. The normalized spacial score (nSPS) is 11.9. The van der Waals surface area contributed by atoms with Gasteiger partial charge in [-0.15, -0.1) is 0 Å². The summed E-state index contributed by atoms with van der Waals surface area (Å²) in [6.45, 7) is 3.93. The molecule has 0 radical (unpaired) electrons. The average Bonchev–Trinajstić information content (AvgIpc) is 2.84. The van der Waals surface area contributed by atoms with Crippen LogP contribution in [0, 0.1) is 6.92 Å². The van der Waals surface area contributed by atoms with E-state index >= 15 is 0 Å². The third kappa shape index (κ3) is 3.88. The van der Waals surface area contributed by atoms with E-state index in [4.69, 9.17) is 4.42 Å². The Morgan fingerprint density at radius 2 is 2.11 bits per heavy atom. The Bertz CT molecular complexity index is 535. The van der Waals surface area contributed by atoms with Crippen LogP contribution in [0.5, 0.6) is 0 Å². The number of carbonyl (C=O) groups is 1. The van der Waals surface area contributed by atoms with Gasteiger partial charge in [0.2, 0.25) is 0 Å². The van der Waals surface area contributed by atoms with E-state index < -0.39 is 0 Å². The van der Waals surface area contributed by atoms with Gasteiger partial charge in [-0.2, -0.15) is 0 Å². The molecule has 2 aromatic rings. The molecule has 1 unspecified atom stereocenters. The Balaban J connectivity index is 1.86. The van der Waals surface area contributed by atoms with E-state index in [1.165, 1.54) is 0 Å². The number of urea groups is 1. The molecule has 100 valence electrons. The van der Waals surface area contributed by atoms with Crippen molar-refractivity contribution in [3.63, 3.8) is 0 Å². The predicted molar refractivity (Wildman–Crippen MR) is 75.2 cm³/mol. The van der Waals surface area contributed by atoms with E-state index in [0.29, 0.717) is 0 Å². The van der Waals surface area contributed by atoms with Crippen molar-refractivity contribution in [2.45, 2.75) is 26.3 Å². The van der Waals surface area contributed by atoms with Crippen molar-refractivity contribution >= 4 is 11.7 Å². The van der Waals surface area contributed by atoms with Crippen LogP contribution in [0.3, 0.4) is 0 Å². The second kappa shape index (κ2) is 6.09. The lowest BCUT2D eigenvalue weighted by Gasteiger charge is -2.14. The number of carbonyl (C=O) groups excluding carboxylic acids is 1. The Labute approximate surface area is 112 Å². The highest BCUT2D eigenvalue weighted by molar-refractivity contribution is 5.90. The Kier molecular flexibility index (Phi) is 4.23. The number of furan rings is 1. The van der Waals surface area contributed by atoms with Gasteiger partial charge in [-0.25, -0.2) is 4.79 Å². The third-order valence-corrected chi connectivity index (χ3v) is 2.89. The lowest BCUT2D eigenvalue weighted by atomic mass is 10.1. The maximum Gasteiger partial charge on any atom is 0.319 e. The molecule has 4 heteroatoms. The molecule has 2 rings (SSSR count). The molecule has 0 aliphatic rings. The van der Waals surface area contributed by atoms with Gasteiger partial charge in [0.1, 0.15) is 0 Å². The molecule has 4 nitrogen and oxygen atoms in total. The number of nitrogens with one attached hydrogen (secondary N) is 2. The predicted octanol–water partition coefficient (Wildman–Crippen LogP) is 3.34. The molecule has 2 amide bonds. The molecule has 2 N–H and O–H groups in total. The third-order valence-electron chi connectivity index (χ3n) is 2.89. The number of hydrogen-bond acceptors (Lipinski definition) is 2. The molecule has 0 aliphatic carbocycles. The standard InChI is InChI=1S/C15H18N2O2/c1-11-5-3-4-6-14(11)17-15(18)16-12(2)9-13-7-8-19-10-13/h3-8,10,12H,9H2,1-2H3,(H2,16,17,18). The van der Waals surface area contributed by atoms with E-state index in [-0.39, 0.29) is 12.1 Å². The first kappa shape index (κ1) is 13.2. The van der Waals surface area contributed by atoms with Crippen molar-refractivity contribution < 1.29 is 9.21 Å². The van der Waals surface area contributed by atoms with Crippen LogP contribution in [0.4, 0.5) is 10.5 Å². The Morgan fingerprint density at radius 1 is 1.32 bits per heavy atom. The molecule has 19 heavy (non-hydrogen) atoms. The zero-order valence-corrected chi connectivity index (χ0v) is 11.1. The molecule has 1 atom stereocenters. The first-order valence-electron chi connectivity index (χ1n) is 6.29. The zero-order valence-electron chi connectivity index (χ0n) is 11.1. The van der Waals surface area contributed by atoms with Gasteiger partial charge >= 0.3 is 6.03 Å². The van der Waals surface area contributed by atoms with Gasteiger partial charge in [-0.1, -0.05) is 18.2 Å². The van der Waals surface area contributed by atoms with Crippen LogP contribution in [0.2, 0.25) is 0 Å². The highest BCUT2D eigenvalue weighted by Crippen LogP contribution is 2.12. The number of hydrogen-bond donors (Lipinski definition) is 2. The van der Waals surface area contributed by atoms with Gasteiger partial charge in [0, 0.05) is 11.7 Å². The number of benzene rings is 1. The highest BCUT2D eigenvalue weighted by atomic mass is 16.3. The fourth-order valence-electron chi connectivity index (χ4n) is 1.91.